The van der Waals surface area contributed by atoms with Crippen molar-refractivity contribution in [2.24, 2.45) is 5.92 Å². The van der Waals surface area contributed by atoms with Crippen LogP contribution in [-0.4, -0.2) is 23.6 Å². The molecule has 0 amide bonds. The molecule has 1 N–H and O–H groups in total. The van der Waals surface area contributed by atoms with Crippen molar-refractivity contribution in [3.63, 3.8) is 0 Å². The van der Waals surface area contributed by atoms with E-state index < -0.39 is 0 Å². The Morgan fingerprint density at radius 3 is 2.58 bits per heavy atom. The highest BCUT2D eigenvalue weighted by atomic mass is 16.5. The van der Waals surface area contributed by atoms with Crippen LogP contribution in [-0.2, 0) is 0 Å². The van der Waals surface area contributed by atoms with Gasteiger partial charge in [0, 0.05) is 24.2 Å². The third kappa shape index (κ3) is 4.60. The Morgan fingerprint density at radius 2 is 1.84 bits per heavy atom. The van der Waals surface area contributed by atoms with Crippen LogP contribution < -0.4 is 10.1 Å². The van der Waals surface area contributed by atoms with Gasteiger partial charge in [-0.1, -0.05) is 12.1 Å². The number of nitrogens with zero attached hydrogens (tertiary/aromatic N) is 2. The van der Waals surface area contributed by atoms with Crippen molar-refractivity contribution in [1.82, 2.24) is 9.97 Å². The van der Waals surface area contributed by atoms with Crippen LogP contribution in [0.15, 0.2) is 47.2 Å². The first-order chi connectivity index (χ1) is 15.2. The highest BCUT2D eigenvalue weighted by molar-refractivity contribution is 5.61. The lowest BCUT2D eigenvalue weighted by atomic mass is 9.78. The number of anilines is 1. The molecule has 5 rings (SSSR count). The molecular formula is C26H31N3O2. The number of ether oxygens (including phenoxy) is 1. The second-order valence-electron chi connectivity index (χ2n) is 9.10. The predicted octanol–water partition coefficient (Wildman–Crippen LogP) is 6.32. The van der Waals surface area contributed by atoms with Gasteiger partial charge < -0.3 is 14.5 Å². The Labute approximate surface area is 184 Å². The van der Waals surface area contributed by atoms with Crippen molar-refractivity contribution >= 4 is 5.82 Å². The lowest BCUT2D eigenvalue weighted by Gasteiger charge is -2.29. The molecule has 0 atom stereocenters. The number of nitrogens with one attached hydrogen (secondary N) is 1. The number of methoxy groups -OCH3 is 1. The molecule has 2 aliphatic carbocycles. The summed E-state index contributed by atoms with van der Waals surface area (Å²) >= 11 is 0. The standard InChI is InChI=1S/C26H31N3O2/c1-17-13-21(9-10-24(17)30-2)19-5-3-18(4-6-19)15-28-25-14-22(11-12-27-25)23-16-31-26(29-23)20-7-8-20/h9-14,16,18-20H,3-8,15H2,1-2H3,(H,27,28). The molecule has 3 aromatic rings. The van der Waals surface area contributed by atoms with E-state index in [0.717, 1.165) is 35.3 Å². The molecule has 2 aromatic heterocycles. The third-order valence-electron chi connectivity index (χ3n) is 6.81. The first-order valence-corrected chi connectivity index (χ1v) is 11.5. The maximum absolute atomic E-state index is 5.65. The minimum absolute atomic E-state index is 0.533. The van der Waals surface area contributed by atoms with Crippen LogP contribution in [0.4, 0.5) is 5.82 Å². The van der Waals surface area contributed by atoms with E-state index in [-0.39, 0.29) is 0 Å². The Morgan fingerprint density at radius 1 is 1.03 bits per heavy atom. The molecule has 0 spiro atoms. The van der Waals surface area contributed by atoms with Crippen LogP contribution in [0.3, 0.4) is 0 Å². The summed E-state index contributed by atoms with van der Waals surface area (Å²) in [5.41, 5.74) is 4.65. The summed E-state index contributed by atoms with van der Waals surface area (Å²) in [5.74, 6) is 4.66. The van der Waals surface area contributed by atoms with Crippen LogP contribution in [0.25, 0.3) is 11.3 Å². The Kier molecular flexibility index (Phi) is 5.66. The largest absolute Gasteiger partial charge is 0.496 e. The van der Waals surface area contributed by atoms with E-state index in [1.165, 1.54) is 49.7 Å². The third-order valence-corrected chi connectivity index (χ3v) is 6.81. The zero-order valence-electron chi connectivity index (χ0n) is 18.4. The van der Waals surface area contributed by atoms with E-state index in [2.05, 4.69) is 46.5 Å². The summed E-state index contributed by atoms with van der Waals surface area (Å²) in [6.07, 6.45) is 11.0. The van der Waals surface area contributed by atoms with Gasteiger partial charge in [0.05, 0.1) is 7.11 Å². The molecular weight excluding hydrogens is 386 g/mol. The molecule has 2 heterocycles. The Bertz CT molecular complexity index is 1030. The van der Waals surface area contributed by atoms with Crippen molar-refractivity contribution < 1.29 is 9.15 Å². The highest BCUT2D eigenvalue weighted by Gasteiger charge is 2.28. The number of aromatic nitrogens is 2. The number of hydrogen-bond acceptors (Lipinski definition) is 5. The molecule has 2 fully saturated rings. The van der Waals surface area contributed by atoms with Gasteiger partial charge in [-0.2, -0.15) is 0 Å². The normalized spacial score (nSPS) is 21.1. The van der Waals surface area contributed by atoms with Crippen molar-refractivity contribution in [3.05, 3.63) is 59.8 Å². The van der Waals surface area contributed by atoms with Crippen molar-refractivity contribution in [2.75, 3.05) is 19.0 Å². The molecule has 1 aromatic carbocycles. The molecule has 31 heavy (non-hydrogen) atoms. The van der Waals surface area contributed by atoms with Gasteiger partial charge in [0.2, 0.25) is 0 Å². The average molecular weight is 418 g/mol. The number of hydrogen-bond donors (Lipinski definition) is 1. The van der Waals surface area contributed by atoms with E-state index in [9.17, 15) is 0 Å². The number of rotatable bonds is 7. The number of aryl methyl sites for hydroxylation is 1. The summed E-state index contributed by atoms with van der Waals surface area (Å²) < 4.78 is 11.1. The van der Waals surface area contributed by atoms with Gasteiger partial charge in [0.15, 0.2) is 5.89 Å². The summed E-state index contributed by atoms with van der Waals surface area (Å²) in [6, 6.07) is 10.7. The molecule has 2 saturated carbocycles. The van der Waals surface area contributed by atoms with E-state index >= 15 is 0 Å². The minimum atomic E-state index is 0.533. The van der Waals surface area contributed by atoms with E-state index in [1.807, 2.05) is 12.3 Å². The maximum atomic E-state index is 5.65. The molecule has 5 heteroatoms. The molecule has 0 radical (unpaired) electrons. The molecule has 0 aliphatic heterocycles. The SMILES string of the molecule is COc1ccc(C2CCC(CNc3cc(-c4coc(C5CC5)n4)ccn3)CC2)cc1C. The fourth-order valence-electron chi connectivity index (χ4n) is 4.73. The Balaban J connectivity index is 1.15. The van der Waals surface area contributed by atoms with Gasteiger partial charge in [0.25, 0.3) is 0 Å². The van der Waals surface area contributed by atoms with Gasteiger partial charge in [0.1, 0.15) is 23.5 Å². The second-order valence-corrected chi connectivity index (χ2v) is 9.10. The van der Waals surface area contributed by atoms with Gasteiger partial charge in [-0.3, -0.25) is 0 Å². The topological polar surface area (TPSA) is 60.2 Å². The van der Waals surface area contributed by atoms with Crippen molar-refractivity contribution in [2.45, 2.75) is 57.3 Å². The van der Waals surface area contributed by atoms with Crippen LogP contribution >= 0.6 is 0 Å². The zero-order chi connectivity index (χ0) is 21.2. The molecule has 2 aliphatic rings. The first-order valence-electron chi connectivity index (χ1n) is 11.5. The highest BCUT2D eigenvalue weighted by Crippen LogP contribution is 2.40. The minimum Gasteiger partial charge on any atom is -0.496 e. The van der Waals surface area contributed by atoms with Crippen molar-refractivity contribution in [1.29, 1.82) is 0 Å². The van der Waals surface area contributed by atoms with E-state index in [4.69, 9.17) is 9.15 Å². The summed E-state index contributed by atoms with van der Waals surface area (Å²) in [6.45, 7) is 3.10. The summed E-state index contributed by atoms with van der Waals surface area (Å²) in [7, 11) is 1.74. The van der Waals surface area contributed by atoms with Gasteiger partial charge in [-0.05, 0) is 86.6 Å². The fraction of sp³-hybridized carbons (Fsp3) is 0.462. The van der Waals surface area contributed by atoms with Crippen LogP contribution in [0.2, 0.25) is 0 Å². The smallest absolute Gasteiger partial charge is 0.197 e. The summed E-state index contributed by atoms with van der Waals surface area (Å²) in [5, 5.41) is 3.56. The van der Waals surface area contributed by atoms with Gasteiger partial charge in [-0.15, -0.1) is 0 Å². The molecule has 5 nitrogen and oxygen atoms in total. The van der Waals surface area contributed by atoms with E-state index in [1.54, 1.807) is 13.4 Å². The zero-order valence-corrected chi connectivity index (χ0v) is 18.4. The monoisotopic (exact) mass is 417 g/mol. The van der Waals surface area contributed by atoms with E-state index in [0.29, 0.717) is 17.8 Å². The molecule has 162 valence electrons. The number of pyridine rings is 1. The Hall–Kier alpha value is -2.82. The average Bonchev–Trinajstić information content (AvgIpc) is 3.54. The lowest BCUT2D eigenvalue weighted by Crippen LogP contribution is -2.21. The molecule has 0 unspecified atom stereocenters. The van der Waals surface area contributed by atoms with Gasteiger partial charge >= 0.3 is 0 Å². The lowest BCUT2D eigenvalue weighted by molar-refractivity contribution is 0.338. The van der Waals surface area contributed by atoms with Crippen molar-refractivity contribution in [3.8, 4) is 17.0 Å². The number of oxazole rings is 1. The fourth-order valence-corrected chi connectivity index (χ4v) is 4.73. The first kappa shape index (κ1) is 20.1. The summed E-state index contributed by atoms with van der Waals surface area (Å²) in [4.78, 5) is 9.17. The predicted molar refractivity (Wildman–Crippen MR) is 123 cm³/mol. The number of benzene rings is 1. The van der Waals surface area contributed by atoms with Crippen LogP contribution in [0, 0.1) is 12.8 Å². The molecule has 0 bridgehead atoms. The maximum Gasteiger partial charge on any atom is 0.197 e. The quantitative estimate of drug-likeness (QED) is 0.488. The van der Waals surface area contributed by atoms with Crippen LogP contribution in [0.1, 0.15) is 67.4 Å². The second kappa shape index (κ2) is 8.74. The van der Waals surface area contributed by atoms with Crippen LogP contribution in [0.5, 0.6) is 5.75 Å². The van der Waals surface area contributed by atoms with Gasteiger partial charge in [-0.25, -0.2) is 9.97 Å². The molecule has 0 saturated heterocycles.